The van der Waals surface area contributed by atoms with Crippen molar-refractivity contribution in [1.82, 2.24) is 0 Å². The van der Waals surface area contributed by atoms with Gasteiger partial charge in [-0.15, -0.1) is 0 Å². The maximum Gasteiger partial charge on any atom is 0.127 e. The molecule has 0 aromatic heterocycles. The van der Waals surface area contributed by atoms with Crippen LogP contribution in [0.1, 0.15) is 16.0 Å². The summed E-state index contributed by atoms with van der Waals surface area (Å²) in [5, 5.41) is 1.14. The van der Waals surface area contributed by atoms with E-state index in [9.17, 15) is 4.39 Å². The maximum absolute atomic E-state index is 13.7. The lowest BCUT2D eigenvalue weighted by molar-refractivity contribution is 0.608. The van der Waals surface area contributed by atoms with Crippen molar-refractivity contribution < 1.29 is 4.39 Å². The predicted molar refractivity (Wildman–Crippen MR) is 91.0 cm³/mol. The molecular formula is C14H9BrCl2FI. The number of halogens is 5. The van der Waals surface area contributed by atoms with Gasteiger partial charge >= 0.3 is 0 Å². The zero-order valence-electron chi connectivity index (χ0n) is 9.64. The molecule has 5 heteroatoms. The fraction of sp³-hybridized carbons (Fsp3) is 0.143. The van der Waals surface area contributed by atoms with Gasteiger partial charge in [-0.2, -0.15) is 0 Å². The van der Waals surface area contributed by atoms with Crippen LogP contribution < -0.4 is 0 Å². The van der Waals surface area contributed by atoms with Gasteiger partial charge < -0.3 is 0 Å². The minimum Gasteiger partial charge on any atom is -0.207 e. The molecule has 0 aliphatic rings. The first kappa shape index (κ1) is 15.5. The van der Waals surface area contributed by atoms with Crippen LogP contribution in [0.25, 0.3) is 0 Å². The Hall–Kier alpha value is 0.160. The Balaban J connectivity index is 2.25. The average Bonchev–Trinajstić information content (AvgIpc) is 2.37. The second-order valence-electron chi connectivity index (χ2n) is 4.05. The van der Waals surface area contributed by atoms with E-state index in [0.29, 0.717) is 22.0 Å². The molecule has 0 saturated heterocycles. The van der Waals surface area contributed by atoms with Gasteiger partial charge in [0.1, 0.15) is 5.82 Å². The SMILES string of the molecule is Fc1cccc(Cl)c1CC(Br)c1ccc(I)c(Cl)c1. The molecule has 0 radical (unpaired) electrons. The van der Waals surface area contributed by atoms with Gasteiger partial charge in [0.05, 0.1) is 5.02 Å². The van der Waals surface area contributed by atoms with Crippen LogP contribution in [0.15, 0.2) is 36.4 Å². The van der Waals surface area contributed by atoms with Crippen molar-refractivity contribution >= 4 is 61.7 Å². The lowest BCUT2D eigenvalue weighted by Gasteiger charge is -2.13. The molecule has 0 saturated carbocycles. The quantitative estimate of drug-likeness (QED) is 0.356. The lowest BCUT2D eigenvalue weighted by atomic mass is 10.0. The summed E-state index contributed by atoms with van der Waals surface area (Å²) < 4.78 is 14.7. The van der Waals surface area contributed by atoms with Gasteiger partial charge in [-0.3, -0.25) is 0 Å². The molecular weight excluding hydrogens is 465 g/mol. The van der Waals surface area contributed by atoms with Crippen molar-refractivity contribution in [1.29, 1.82) is 0 Å². The van der Waals surface area contributed by atoms with Crippen LogP contribution in [0.4, 0.5) is 4.39 Å². The molecule has 0 spiro atoms. The number of benzene rings is 2. The van der Waals surface area contributed by atoms with Crippen LogP contribution >= 0.6 is 61.7 Å². The first-order valence-corrected chi connectivity index (χ1v) is 8.26. The Kier molecular flexibility index (Phi) is 5.52. The third-order valence-electron chi connectivity index (χ3n) is 2.75. The van der Waals surface area contributed by atoms with Gasteiger partial charge in [0.2, 0.25) is 0 Å². The van der Waals surface area contributed by atoms with E-state index in [4.69, 9.17) is 23.2 Å². The van der Waals surface area contributed by atoms with E-state index >= 15 is 0 Å². The predicted octanol–water partition coefficient (Wildman–Crippen LogP) is 6.42. The highest BCUT2D eigenvalue weighted by atomic mass is 127. The number of hydrogen-bond donors (Lipinski definition) is 0. The Bertz CT molecular complexity index is 584. The molecule has 0 heterocycles. The molecule has 1 unspecified atom stereocenters. The first-order chi connectivity index (χ1) is 8.99. The highest BCUT2D eigenvalue weighted by molar-refractivity contribution is 14.1. The summed E-state index contributed by atoms with van der Waals surface area (Å²) in [5.74, 6) is -0.284. The lowest BCUT2D eigenvalue weighted by Crippen LogP contribution is -1.99. The third kappa shape index (κ3) is 3.84. The van der Waals surface area contributed by atoms with Crippen molar-refractivity contribution in [2.24, 2.45) is 0 Å². The van der Waals surface area contributed by atoms with Crippen molar-refractivity contribution in [2.45, 2.75) is 11.2 Å². The van der Waals surface area contributed by atoms with Gasteiger partial charge in [0.25, 0.3) is 0 Å². The van der Waals surface area contributed by atoms with Crippen LogP contribution in [0.5, 0.6) is 0 Å². The average molecular weight is 474 g/mol. The molecule has 0 amide bonds. The number of hydrogen-bond acceptors (Lipinski definition) is 0. The van der Waals surface area contributed by atoms with Gasteiger partial charge in [-0.1, -0.05) is 51.3 Å². The van der Waals surface area contributed by atoms with Crippen molar-refractivity contribution in [2.75, 3.05) is 0 Å². The maximum atomic E-state index is 13.7. The third-order valence-corrected chi connectivity index (χ3v) is 5.53. The Morgan fingerprint density at radius 2 is 1.89 bits per heavy atom. The Morgan fingerprint density at radius 3 is 2.53 bits per heavy atom. The van der Waals surface area contributed by atoms with Crippen molar-refractivity contribution in [3.8, 4) is 0 Å². The Labute approximate surface area is 143 Å². The van der Waals surface area contributed by atoms with E-state index < -0.39 is 0 Å². The molecule has 100 valence electrons. The standard InChI is InChI=1S/C14H9BrCl2FI/c15-10(8-4-5-14(19)12(17)6-8)7-9-11(16)2-1-3-13(9)18/h1-6,10H,7H2. The van der Waals surface area contributed by atoms with Crippen LogP contribution in [-0.2, 0) is 6.42 Å². The van der Waals surface area contributed by atoms with Crippen molar-refractivity contribution in [3.05, 3.63) is 67.0 Å². The summed E-state index contributed by atoms with van der Waals surface area (Å²) in [5.41, 5.74) is 1.52. The zero-order chi connectivity index (χ0) is 14.0. The summed E-state index contributed by atoms with van der Waals surface area (Å²) in [7, 11) is 0. The summed E-state index contributed by atoms with van der Waals surface area (Å²) in [6, 6.07) is 10.5. The molecule has 0 bridgehead atoms. The van der Waals surface area contributed by atoms with E-state index in [2.05, 4.69) is 38.5 Å². The second kappa shape index (κ2) is 6.74. The topological polar surface area (TPSA) is 0 Å². The summed E-state index contributed by atoms with van der Waals surface area (Å²) in [4.78, 5) is -0.0311. The normalized spacial score (nSPS) is 12.5. The highest BCUT2D eigenvalue weighted by Crippen LogP contribution is 2.33. The molecule has 0 aliphatic heterocycles. The molecule has 0 fully saturated rings. The minimum absolute atomic E-state index is 0.0311. The van der Waals surface area contributed by atoms with E-state index in [1.165, 1.54) is 6.07 Å². The van der Waals surface area contributed by atoms with Crippen LogP contribution in [-0.4, -0.2) is 0 Å². The van der Waals surface area contributed by atoms with E-state index in [1.54, 1.807) is 12.1 Å². The van der Waals surface area contributed by atoms with Crippen LogP contribution in [0.2, 0.25) is 10.0 Å². The molecule has 0 aliphatic carbocycles. The van der Waals surface area contributed by atoms with E-state index in [-0.39, 0.29) is 10.6 Å². The zero-order valence-corrected chi connectivity index (χ0v) is 14.9. The molecule has 19 heavy (non-hydrogen) atoms. The summed E-state index contributed by atoms with van der Waals surface area (Å²) >= 11 is 17.9. The summed E-state index contributed by atoms with van der Waals surface area (Å²) in [6.45, 7) is 0. The van der Waals surface area contributed by atoms with Crippen LogP contribution in [0.3, 0.4) is 0 Å². The van der Waals surface area contributed by atoms with E-state index in [1.807, 2.05) is 18.2 Å². The molecule has 1 atom stereocenters. The highest BCUT2D eigenvalue weighted by Gasteiger charge is 2.15. The minimum atomic E-state index is -0.284. The fourth-order valence-electron chi connectivity index (χ4n) is 1.73. The van der Waals surface area contributed by atoms with Crippen molar-refractivity contribution in [3.63, 3.8) is 0 Å². The molecule has 0 nitrogen and oxygen atoms in total. The number of alkyl halides is 1. The van der Waals surface area contributed by atoms with Gasteiger partial charge in [-0.25, -0.2) is 4.39 Å². The smallest absolute Gasteiger partial charge is 0.127 e. The Morgan fingerprint density at radius 1 is 1.16 bits per heavy atom. The van der Waals surface area contributed by atoms with Gasteiger partial charge in [0.15, 0.2) is 0 Å². The molecule has 2 rings (SSSR count). The monoisotopic (exact) mass is 472 g/mol. The first-order valence-electron chi connectivity index (χ1n) is 5.51. The molecule has 0 N–H and O–H groups in total. The van der Waals surface area contributed by atoms with Gasteiger partial charge in [-0.05, 0) is 58.8 Å². The van der Waals surface area contributed by atoms with E-state index in [0.717, 1.165) is 9.13 Å². The van der Waals surface area contributed by atoms with Crippen LogP contribution in [0, 0.1) is 9.39 Å². The number of rotatable bonds is 3. The largest absolute Gasteiger partial charge is 0.207 e. The molecule has 2 aromatic carbocycles. The van der Waals surface area contributed by atoms with Gasteiger partial charge in [0, 0.05) is 19.0 Å². The molecule has 2 aromatic rings. The fourth-order valence-corrected chi connectivity index (χ4v) is 3.10. The summed E-state index contributed by atoms with van der Waals surface area (Å²) in [6.07, 6.45) is 0.475. The second-order valence-corrected chi connectivity index (χ2v) is 7.13.